The highest BCUT2D eigenvalue weighted by atomic mass is 32.1. The van der Waals surface area contributed by atoms with Crippen LogP contribution in [0.3, 0.4) is 0 Å². The monoisotopic (exact) mass is 310 g/mol. The fourth-order valence-electron chi connectivity index (χ4n) is 2.52. The third-order valence-electron chi connectivity index (χ3n) is 3.61. The number of anilines is 1. The smallest absolute Gasteiger partial charge is 0.343 e. The number of carbonyl (C=O) groups excluding carboxylic acids is 1. The number of rotatable bonds is 4. The summed E-state index contributed by atoms with van der Waals surface area (Å²) in [6.07, 6.45) is 7.53. The van der Waals surface area contributed by atoms with Crippen LogP contribution in [0.4, 0.5) is 5.82 Å². The topological polar surface area (TPSA) is 68.2 Å². The van der Waals surface area contributed by atoms with Gasteiger partial charge < -0.3 is 15.4 Å². The first-order valence-electron chi connectivity index (χ1n) is 7.38. The molecule has 0 saturated heterocycles. The molecular formula is C14H22N4O2S. The molecule has 116 valence electrons. The van der Waals surface area contributed by atoms with Crippen LogP contribution < -0.4 is 10.6 Å². The van der Waals surface area contributed by atoms with E-state index in [-0.39, 0.29) is 0 Å². The van der Waals surface area contributed by atoms with E-state index in [1.54, 1.807) is 18.7 Å². The summed E-state index contributed by atoms with van der Waals surface area (Å²) in [5.41, 5.74) is 0.396. The van der Waals surface area contributed by atoms with Crippen LogP contribution in [0, 0.1) is 0 Å². The lowest BCUT2D eigenvalue weighted by Gasteiger charge is -2.24. The largest absolute Gasteiger partial charge is 0.462 e. The molecule has 21 heavy (non-hydrogen) atoms. The molecule has 0 aliphatic heterocycles. The van der Waals surface area contributed by atoms with Crippen molar-refractivity contribution >= 4 is 29.1 Å². The van der Waals surface area contributed by atoms with Gasteiger partial charge in [0.05, 0.1) is 12.8 Å². The molecule has 1 aromatic rings. The van der Waals surface area contributed by atoms with E-state index in [1.165, 1.54) is 25.5 Å². The van der Waals surface area contributed by atoms with Gasteiger partial charge >= 0.3 is 5.97 Å². The Morgan fingerprint density at radius 1 is 1.48 bits per heavy atom. The number of aryl methyl sites for hydroxylation is 1. The number of esters is 1. The molecule has 0 spiro atoms. The maximum atomic E-state index is 11.9. The van der Waals surface area contributed by atoms with Crippen LogP contribution in [0.5, 0.6) is 0 Å². The number of hydrogen-bond donors (Lipinski definition) is 2. The minimum absolute atomic E-state index is 0.331. The summed E-state index contributed by atoms with van der Waals surface area (Å²) < 4.78 is 6.60. The summed E-state index contributed by atoms with van der Waals surface area (Å²) in [6, 6.07) is 0.415. The van der Waals surface area contributed by atoms with Gasteiger partial charge in [0.1, 0.15) is 11.4 Å². The van der Waals surface area contributed by atoms with E-state index >= 15 is 0 Å². The highest BCUT2D eigenvalue weighted by molar-refractivity contribution is 7.80. The lowest BCUT2D eigenvalue weighted by Crippen LogP contribution is -2.39. The summed E-state index contributed by atoms with van der Waals surface area (Å²) in [5, 5.41) is 11.0. The highest BCUT2D eigenvalue weighted by Gasteiger charge is 2.19. The zero-order valence-electron chi connectivity index (χ0n) is 12.5. The van der Waals surface area contributed by atoms with Crippen LogP contribution in [0.1, 0.15) is 49.4 Å². The Kier molecular flexibility index (Phi) is 5.55. The lowest BCUT2D eigenvalue weighted by atomic mass is 9.96. The molecule has 1 aromatic heterocycles. The number of nitrogens with zero attached hydrogens (tertiary/aromatic N) is 2. The van der Waals surface area contributed by atoms with E-state index in [9.17, 15) is 4.79 Å². The van der Waals surface area contributed by atoms with Gasteiger partial charge in [0.25, 0.3) is 0 Å². The normalized spacial score (nSPS) is 15.5. The van der Waals surface area contributed by atoms with Gasteiger partial charge in [-0.2, -0.15) is 5.10 Å². The summed E-state index contributed by atoms with van der Waals surface area (Å²) >= 11 is 5.34. The Hall–Kier alpha value is -1.63. The number of hydrogen-bond acceptors (Lipinski definition) is 4. The quantitative estimate of drug-likeness (QED) is 0.656. The average molecular weight is 310 g/mol. The van der Waals surface area contributed by atoms with E-state index in [0.717, 1.165) is 12.8 Å². The second kappa shape index (κ2) is 7.40. The molecule has 0 amide bonds. The van der Waals surface area contributed by atoms with E-state index in [0.29, 0.717) is 29.1 Å². The van der Waals surface area contributed by atoms with Crippen molar-refractivity contribution in [3.8, 4) is 0 Å². The predicted octanol–water partition coefficient (Wildman–Crippen LogP) is 2.22. The van der Waals surface area contributed by atoms with E-state index in [2.05, 4.69) is 15.7 Å². The Morgan fingerprint density at radius 2 is 2.19 bits per heavy atom. The van der Waals surface area contributed by atoms with Crippen LogP contribution in [0.25, 0.3) is 0 Å². The molecule has 1 aliphatic rings. The molecule has 0 bridgehead atoms. The van der Waals surface area contributed by atoms with Gasteiger partial charge in [0.15, 0.2) is 5.11 Å². The van der Waals surface area contributed by atoms with Crippen molar-refractivity contribution in [1.82, 2.24) is 15.1 Å². The average Bonchev–Trinajstić information content (AvgIpc) is 2.81. The Labute approximate surface area is 130 Å². The molecule has 2 N–H and O–H groups in total. The molecule has 1 aliphatic carbocycles. The minimum atomic E-state index is -0.395. The van der Waals surface area contributed by atoms with Gasteiger partial charge in [-0.05, 0) is 32.0 Å². The Balaban J connectivity index is 1.99. The van der Waals surface area contributed by atoms with Crippen LogP contribution in [0.2, 0.25) is 0 Å². The van der Waals surface area contributed by atoms with Crippen molar-refractivity contribution in [3.63, 3.8) is 0 Å². The molecule has 0 unspecified atom stereocenters. The van der Waals surface area contributed by atoms with Gasteiger partial charge in [-0.1, -0.05) is 19.3 Å². The molecule has 6 nitrogen and oxygen atoms in total. The Morgan fingerprint density at radius 3 is 2.86 bits per heavy atom. The van der Waals surface area contributed by atoms with Crippen molar-refractivity contribution in [3.05, 3.63) is 11.8 Å². The van der Waals surface area contributed by atoms with Gasteiger partial charge in [-0.3, -0.25) is 4.68 Å². The fraction of sp³-hybridized carbons (Fsp3) is 0.643. The van der Waals surface area contributed by atoms with Crippen molar-refractivity contribution < 1.29 is 9.53 Å². The molecule has 1 heterocycles. The van der Waals surface area contributed by atoms with Gasteiger partial charge in [0.2, 0.25) is 0 Å². The second-order valence-electron chi connectivity index (χ2n) is 5.18. The first-order valence-corrected chi connectivity index (χ1v) is 7.79. The van der Waals surface area contributed by atoms with Gasteiger partial charge in [-0.15, -0.1) is 0 Å². The van der Waals surface area contributed by atoms with E-state index in [4.69, 9.17) is 17.0 Å². The summed E-state index contributed by atoms with van der Waals surface area (Å²) in [7, 11) is 1.76. The molecule has 7 heteroatoms. The Bertz CT molecular complexity index is 509. The van der Waals surface area contributed by atoms with Crippen molar-refractivity contribution in [2.24, 2.45) is 7.05 Å². The zero-order valence-corrected chi connectivity index (χ0v) is 13.3. The van der Waals surface area contributed by atoms with Crippen LogP contribution in [-0.2, 0) is 11.8 Å². The highest BCUT2D eigenvalue weighted by Crippen LogP contribution is 2.18. The second-order valence-corrected chi connectivity index (χ2v) is 5.59. The molecule has 1 saturated carbocycles. The number of carbonyl (C=O) groups is 1. The summed E-state index contributed by atoms with van der Waals surface area (Å²) in [5.74, 6) is 0.162. The molecular weight excluding hydrogens is 288 g/mol. The predicted molar refractivity (Wildman–Crippen MR) is 85.4 cm³/mol. The number of thiocarbonyl (C=S) groups is 1. The summed E-state index contributed by atoms with van der Waals surface area (Å²) in [4.78, 5) is 11.9. The van der Waals surface area contributed by atoms with Crippen LogP contribution >= 0.6 is 12.2 Å². The molecule has 0 aromatic carbocycles. The molecule has 0 atom stereocenters. The molecule has 2 rings (SSSR count). The maximum absolute atomic E-state index is 11.9. The van der Waals surface area contributed by atoms with Crippen molar-refractivity contribution in [2.75, 3.05) is 11.9 Å². The van der Waals surface area contributed by atoms with Crippen LogP contribution in [-0.4, -0.2) is 33.5 Å². The van der Waals surface area contributed by atoms with Gasteiger partial charge in [0, 0.05) is 13.1 Å². The van der Waals surface area contributed by atoms with Crippen molar-refractivity contribution in [2.45, 2.75) is 45.1 Å². The first kappa shape index (κ1) is 15.8. The van der Waals surface area contributed by atoms with Crippen molar-refractivity contribution in [1.29, 1.82) is 0 Å². The van der Waals surface area contributed by atoms with Crippen LogP contribution in [0.15, 0.2) is 6.20 Å². The standard InChI is InChI=1S/C14H22N4O2S/c1-3-20-13(19)11-9-15-18(2)12(11)17-14(21)16-10-7-5-4-6-8-10/h9-10H,3-8H2,1-2H3,(H2,16,17,21). The van der Waals surface area contributed by atoms with E-state index < -0.39 is 5.97 Å². The fourth-order valence-corrected chi connectivity index (χ4v) is 2.78. The maximum Gasteiger partial charge on any atom is 0.343 e. The first-order chi connectivity index (χ1) is 10.1. The third-order valence-corrected chi connectivity index (χ3v) is 3.83. The third kappa shape index (κ3) is 4.17. The number of ether oxygens (including phenoxy) is 1. The SMILES string of the molecule is CCOC(=O)c1cnn(C)c1NC(=S)NC1CCCCC1. The zero-order chi connectivity index (χ0) is 15.2. The minimum Gasteiger partial charge on any atom is -0.462 e. The molecule has 1 fully saturated rings. The lowest BCUT2D eigenvalue weighted by molar-refractivity contribution is 0.0527. The van der Waals surface area contributed by atoms with Gasteiger partial charge in [-0.25, -0.2) is 4.79 Å². The van der Waals surface area contributed by atoms with E-state index in [1.807, 2.05) is 0 Å². The number of aromatic nitrogens is 2. The summed E-state index contributed by atoms with van der Waals surface area (Å²) in [6.45, 7) is 2.11. The number of nitrogens with one attached hydrogen (secondary N) is 2. The molecule has 0 radical (unpaired) electrons.